The van der Waals surface area contributed by atoms with Crippen LogP contribution in [-0.2, 0) is 6.54 Å². The normalized spacial score (nSPS) is 20.1. The van der Waals surface area contributed by atoms with Crippen LogP contribution in [0.5, 0.6) is 0 Å². The average Bonchev–Trinajstić information content (AvgIpc) is 2.97. The lowest BCUT2D eigenvalue weighted by Crippen LogP contribution is -2.44. The number of hydrogen-bond donors (Lipinski definition) is 2. The molecule has 0 aliphatic heterocycles. The molecule has 2 N–H and O–H groups in total. The quantitative estimate of drug-likeness (QED) is 0.239. The third-order valence-electron chi connectivity index (χ3n) is 8.47. The number of amides is 3. The van der Waals surface area contributed by atoms with Crippen LogP contribution in [-0.4, -0.2) is 35.7 Å². The first kappa shape index (κ1) is 28.5. The Kier molecular flexibility index (Phi) is 11.0. The van der Waals surface area contributed by atoms with Crippen LogP contribution in [0.15, 0.2) is 53.4 Å². The van der Waals surface area contributed by atoms with Gasteiger partial charge in [-0.1, -0.05) is 75.8 Å². The molecule has 2 aliphatic carbocycles. The van der Waals surface area contributed by atoms with Crippen molar-refractivity contribution in [1.29, 1.82) is 0 Å². The number of rotatable bonds is 10. The number of hydrogen-bond acceptors (Lipinski definition) is 3. The zero-order valence-corrected chi connectivity index (χ0v) is 24.0. The maximum atomic E-state index is 13.9. The van der Waals surface area contributed by atoms with Gasteiger partial charge in [-0.15, -0.1) is 11.8 Å². The first-order valence-corrected chi connectivity index (χ1v) is 15.9. The van der Waals surface area contributed by atoms with Gasteiger partial charge in [0.2, 0.25) is 0 Å². The van der Waals surface area contributed by atoms with E-state index in [1.165, 1.54) is 44.9 Å². The largest absolute Gasteiger partial charge is 0.352 e. The molecule has 3 amide bonds. The molecule has 2 aromatic rings. The number of carbonyl (C=O) groups excluding carboxylic acids is 2. The Hall–Kier alpha value is -2.47. The summed E-state index contributed by atoms with van der Waals surface area (Å²) < 4.78 is 0. The van der Waals surface area contributed by atoms with Crippen molar-refractivity contribution in [2.24, 2.45) is 11.8 Å². The minimum atomic E-state index is -0.0937. The average molecular weight is 536 g/mol. The lowest BCUT2D eigenvalue weighted by molar-refractivity contribution is 0.0953. The second-order valence-corrected chi connectivity index (χ2v) is 11.9. The summed E-state index contributed by atoms with van der Waals surface area (Å²) >= 11 is 1.58. The van der Waals surface area contributed by atoms with Crippen molar-refractivity contribution in [1.82, 2.24) is 10.2 Å². The highest BCUT2D eigenvalue weighted by molar-refractivity contribution is 7.98. The predicted octanol–water partition coefficient (Wildman–Crippen LogP) is 8.11. The van der Waals surface area contributed by atoms with E-state index in [2.05, 4.69) is 29.7 Å². The van der Waals surface area contributed by atoms with Crippen molar-refractivity contribution in [3.8, 4) is 0 Å². The molecule has 0 heterocycles. The Morgan fingerprint density at radius 2 is 1.63 bits per heavy atom. The van der Waals surface area contributed by atoms with Crippen LogP contribution < -0.4 is 10.6 Å². The summed E-state index contributed by atoms with van der Waals surface area (Å²) in [6, 6.07) is 16.1. The van der Waals surface area contributed by atoms with Gasteiger partial charge in [0, 0.05) is 29.6 Å². The van der Waals surface area contributed by atoms with Gasteiger partial charge in [0.25, 0.3) is 5.91 Å². The topological polar surface area (TPSA) is 61.4 Å². The highest BCUT2D eigenvalue weighted by Gasteiger charge is 2.33. The first-order chi connectivity index (χ1) is 18.6. The van der Waals surface area contributed by atoms with Gasteiger partial charge in [-0.05, 0) is 74.0 Å². The molecular weight excluding hydrogens is 490 g/mol. The number of nitrogens with zero attached hydrogens (tertiary/aromatic N) is 1. The summed E-state index contributed by atoms with van der Waals surface area (Å²) in [5.41, 5.74) is 2.43. The SMILES string of the molecule is CCCCNC(=O)c1ccc(SC)c(NC(=O)N(Cc2ccccc2)[C@H]2CC[C@@H](C3CCCCC3)CC2)c1. The number of carbonyl (C=O) groups is 2. The molecule has 2 aliphatic rings. The van der Waals surface area contributed by atoms with Gasteiger partial charge in [-0.2, -0.15) is 0 Å². The van der Waals surface area contributed by atoms with Gasteiger partial charge >= 0.3 is 6.03 Å². The Morgan fingerprint density at radius 3 is 2.32 bits per heavy atom. The number of thioether (sulfide) groups is 1. The van der Waals surface area contributed by atoms with E-state index >= 15 is 0 Å². The van der Waals surface area contributed by atoms with Gasteiger partial charge < -0.3 is 15.5 Å². The van der Waals surface area contributed by atoms with Crippen molar-refractivity contribution in [3.05, 3.63) is 59.7 Å². The van der Waals surface area contributed by atoms with Gasteiger partial charge in [0.15, 0.2) is 0 Å². The van der Waals surface area contributed by atoms with Gasteiger partial charge in [-0.25, -0.2) is 4.79 Å². The zero-order chi connectivity index (χ0) is 26.7. The minimum Gasteiger partial charge on any atom is -0.352 e. The van der Waals surface area contributed by atoms with E-state index in [1.54, 1.807) is 11.8 Å². The highest BCUT2D eigenvalue weighted by Crippen LogP contribution is 2.39. The molecule has 206 valence electrons. The lowest BCUT2D eigenvalue weighted by atomic mass is 9.72. The summed E-state index contributed by atoms with van der Waals surface area (Å²) in [5.74, 6) is 1.61. The van der Waals surface area contributed by atoms with E-state index in [0.717, 1.165) is 48.0 Å². The molecule has 38 heavy (non-hydrogen) atoms. The van der Waals surface area contributed by atoms with E-state index in [-0.39, 0.29) is 18.0 Å². The van der Waals surface area contributed by atoms with E-state index in [0.29, 0.717) is 24.3 Å². The monoisotopic (exact) mass is 535 g/mol. The third kappa shape index (κ3) is 7.78. The Labute approximate surface area is 233 Å². The molecule has 0 aromatic heterocycles. The molecule has 0 saturated heterocycles. The van der Waals surface area contributed by atoms with Crippen LogP contribution in [0.3, 0.4) is 0 Å². The van der Waals surface area contributed by atoms with Crippen molar-refractivity contribution in [2.45, 2.75) is 95.0 Å². The van der Waals surface area contributed by atoms with Crippen LogP contribution in [0, 0.1) is 11.8 Å². The van der Waals surface area contributed by atoms with E-state index in [9.17, 15) is 9.59 Å². The minimum absolute atomic E-state index is 0.0752. The maximum Gasteiger partial charge on any atom is 0.322 e. The van der Waals surface area contributed by atoms with Crippen LogP contribution in [0.1, 0.15) is 93.5 Å². The van der Waals surface area contributed by atoms with E-state index in [4.69, 9.17) is 0 Å². The number of benzene rings is 2. The second kappa shape index (κ2) is 14.6. The third-order valence-corrected chi connectivity index (χ3v) is 9.27. The fourth-order valence-electron chi connectivity index (χ4n) is 6.25. The van der Waals surface area contributed by atoms with Crippen molar-refractivity contribution in [2.75, 3.05) is 18.1 Å². The van der Waals surface area contributed by atoms with Crippen LogP contribution in [0.4, 0.5) is 10.5 Å². The van der Waals surface area contributed by atoms with Crippen molar-refractivity contribution in [3.63, 3.8) is 0 Å². The lowest BCUT2D eigenvalue weighted by Gasteiger charge is -2.40. The maximum absolute atomic E-state index is 13.9. The molecule has 0 unspecified atom stereocenters. The zero-order valence-electron chi connectivity index (χ0n) is 23.2. The molecule has 0 spiro atoms. The molecule has 2 aromatic carbocycles. The molecule has 4 rings (SSSR count). The molecule has 5 nitrogen and oxygen atoms in total. The molecule has 2 saturated carbocycles. The Balaban J connectivity index is 1.48. The van der Waals surface area contributed by atoms with Gasteiger partial charge in [0.05, 0.1) is 5.69 Å². The number of anilines is 1. The fourth-order valence-corrected chi connectivity index (χ4v) is 6.79. The fraction of sp³-hybridized carbons (Fsp3) is 0.562. The second-order valence-electron chi connectivity index (χ2n) is 11.0. The molecule has 2 fully saturated rings. The summed E-state index contributed by atoms with van der Waals surface area (Å²) in [4.78, 5) is 29.6. The Bertz CT molecular complexity index is 1030. The van der Waals surface area contributed by atoms with Crippen molar-refractivity contribution < 1.29 is 9.59 Å². The number of unbranched alkanes of at least 4 members (excludes halogenated alkanes) is 1. The Morgan fingerprint density at radius 1 is 0.921 bits per heavy atom. The molecule has 6 heteroatoms. The summed E-state index contributed by atoms with van der Waals surface area (Å²) in [6.07, 6.45) is 15.5. The smallest absolute Gasteiger partial charge is 0.322 e. The van der Waals surface area contributed by atoms with Crippen molar-refractivity contribution >= 4 is 29.4 Å². The van der Waals surface area contributed by atoms with Crippen LogP contribution in [0.25, 0.3) is 0 Å². The summed E-state index contributed by atoms with van der Waals surface area (Å²) in [5, 5.41) is 6.19. The molecule has 0 radical (unpaired) electrons. The van der Waals surface area contributed by atoms with E-state index in [1.807, 2.05) is 47.6 Å². The molecule has 0 atom stereocenters. The van der Waals surface area contributed by atoms with Gasteiger partial charge in [-0.3, -0.25) is 4.79 Å². The highest BCUT2D eigenvalue weighted by atomic mass is 32.2. The first-order valence-electron chi connectivity index (χ1n) is 14.7. The number of nitrogens with one attached hydrogen (secondary N) is 2. The molecule has 0 bridgehead atoms. The van der Waals surface area contributed by atoms with Crippen LogP contribution >= 0.6 is 11.8 Å². The van der Waals surface area contributed by atoms with E-state index < -0.39 is 0 Å². The van der Waals surface area contributed by atoms with Crippen LogP contribution in [0.2, 0.25) is 0 Å². The standard InChI is InChI=1S/C32H45N3O2S/c1-3-4-21-33-31(36)27-17-20-30(38-2)29(22-27)34-32(37)35(23-24-11-7-5-8-12-24)28-18-15-26(16-19-28)25-13-9-6-10-14-25/h5,7-8,11-12,17,20,22,25-26,28H,3-4,6,9-10,13-16,18-19,21,23H2,1-2H3,(H,33,36)(H,34,37)/t26-,28+. The predicted molar refractivity (Wildman–Crippen MR) is 159 cm³/mol. The summed E-state index contributed by atoms with van der Waals surface area (Å²) in [7, 11) is 0. The summed E-state index contributed by atoms with van der Waals surface area (Å²) in [6.45, 7) is 3.36. The molecular formula is C32H45N3O2S. The number of urea groups is 1. The van der Waals surface area contributed by atoms with Gasteiger partial charge in [0.1, 0.15) is 0 Å².